The Balaban J connectivity index is 2.71. The summed E-state index contributed by atoms with van der Waals surface area (Å²) in [5.41, 5.74) is 5.23. The third-order valence-electron chi connectivity index (χ3n) is 3.70. The lowest BCUT2D eigenvalue weighted by atomic mass is 9.76. The molecule has 3 atom stereocenters. The minimum Gasteiger partial charge on any atom is -0.480 e. The maximum atomic E-state index is 12.2. The summed E-state index contributed by atoms with van der Waals surface area (Å²) in [6.45, 7) is 5.61. The van der Waals surface area contributed by atoms with Crippen LogP contribution in [0.3, 0.4) is 0 Å². The summed E-state index contributed by atoms with van der Waals surface area (Å²) in [5.74, 6) is -1.08. The minimum atomic E-state index is -1.01. The van der Waals surface area contributed by atoms with Crippen molar-refractivity contribution < 1.29 is 14.7 Å². The highest BCUT2D eigenvalue weighted by atomic mass is 16.4. The molecular weight excluding hydrogens is 232 g/mol. The number of carbonyl (C=O) groups is 2. The maximum Gasteiger partial charge on any atom is 0.326 e. The summed E-state index contributed by atoms with van der Waals surface area (Å²) < 4.78 is 0. The lowest BCUT2D eigenvalue weighted by Gasteiger charge is -2.36. The van der Waals surface area contributed by atoms with E-state index in [9.17, 15) is 9.59 Å². The second-order valence-corrected chi connectivity index (χ2v) is 5.89. The molecule has 1 aliphatic rings. The van der Waals surface area contributed by atoms with E-state index >= 15 is 0 Å². The summed E-state index contributed by atoms with van der Waals surface area (Å²) in [6, 6.07) is -0.866. The molecule has 0 aromatic carbocycles. The number of amides is 1. The van der Waals surface area contributed by atoms with Crippen LogP contribution in [0.2, 0.25) is 0 Å². The van der Waals surface area contributed by atoms with Crippen LogP contribution in [-0.4, -0.2) is 28.6 Å². The van der Waals surface area contributed by atoms with Gasteiger partial charge in [-0.1, -0.05) is 33.6 Å². The first-order valence-electron chi connectivity index (χ1n) is 6.59. The van der Waals surface area contributed by atoms with Gasteiger partial charge in [-0.2, -0.15) is 0 Å². The molecule has 5 heteroatoms. The van der Waals surface area contributed by atoms with Crippen molar-refractivity contribution in [2.45, 2.75) is 58.0 Å². The summed E-state index contributed by atoms with van der Waals surface area (Å²) >= 11 is 0. The Morgan fingerprint density at radius 2 is 2.06 bits per heavy atom. The lowest BCUT2D eigenvalue weighted by molar-refractivity contribution is -0.144. The van der Waals surface area contributed by atoms with Crippen LogP contribution in [0.1, 0.15) is 46.5 Å². The Hall–Kier alpha value is -1.10. The standard InChI is InChI=1S/C13H24N2O3/c1-8(2)10(11(16)17)15-12(18)13(14)6-4-5-9(3)7-13/h8-10H,4-7,14H2,1-3H3,(H,15,18)(H,16,17)/t9?,10-,13?/m1/s1. The van der Waals surface area contributed by atoms with Crippen molar-refractivity contribution in [3.05, 3.63) is 0 Å². The fraction of sp³-hybridized carbons (Fsp3) is 0.846. The average Bonchev–Trinajstić information content (AvgIpc) is 2.24. The van der Waals surface area contributed by atoms with Crippen molar-refractivity contribution in [1.82, 2.24) is 5.32 Å². The van der Waals surface area contributed by atoms with Crippen LogP contribution in [0.5, 0.6) is 0 Å². The molecule has 4 N–H and O–H groups in total. The summed E-state index contributed by atoms with van der Waals surface area (Å²) in [6.07, 6.45) is 3.26. The van der Waals surface area contributed by atoms with Gasteiger partial charge in [0.15, 0.2) is 0 Å². The predicted octanol–water partition coefficient (Wildman–Crippen LogP) is 1.12. The zero-order valence-corrected chi connectivity index (χ0v) is 11.4. The third kappa shape index (κ3) is 3.45. The number of carbonyl (C=O) groups excluding carboxylic acids is 1. The van der Waals surface area contributed by atoms with Crippen molar-refractivity contribution in [3.8, 4) is 0 Å². The topological polar surface area (TPSA) is 92.4 Å². The molecule has 0 spiro atoms. The SMILES string of the molecule is CC1CCCC(N)(C(=O)N[C@@H](C(=O)O)C(C)C)C1. The summed E-state index contributed by atoms with van der Waals surface area (Å²) in [4.78, 5) is 23.3. The average molecular weight is 256 g/mol. The van der Waals surface area contributed by atoms with E-state index in [2.05, 4.69) is 12.2 Å². The number of rotatable bonds is 4. The molecule has 0 saturated heterocycles. The van der Waals surface area contributed by atoms with Gasteiger partial charge >= 0.3 is 5.97 Å². The minimum absolute atomic E-state index is 0.156. The van der Waals surface area contributed by atoms with Crippen molar-refractivity contribution in [2.75, 3.05) is 0 Å². The molecule has 1 rings (SSSR count). The lowest BCUT2D eigenvalue weighted by Crippen LogP contribution is -2.60. The van der Waals surface area contributed by atoms with Crippen LogP contribution >= 0.6 is 0 Å². The molecule has 5 nitrogen and oxygen atoms in total. The molecule has 0 heterocycles. The quantitative estimate of drug-likeness (QED) is 0.702. The van der Waals surface area contributed by atoms with Gasteiger partial charge in [-0.15, -0.1) is 0 Å². The molecule has 0 aromatic rings. The number of nitrogens with one attached hydrogen (secondary N) is 1. The molecule has 1 aliphatic carbocycles. The van der Waals surface area contributed by atoms with E-state index in [4.69, 9.17) is 10.8 Å². The largest absolute Gasteiger partial charge is 0.480 e. The predicted molar refractivity (Wildman–Crippen MR) is 69.0 cm³/mol. The van der Waals surface area contributed by atoms with Crippen LogP contribution in [0.4, 0.5) is 0 Å². The number of hydrogen-bond acceptors (Lipinski definition) is 3. The number of carboxylic acid groups (broad SMARTS) is 1. The fourth-order valence-corrected chi connectivity index (χ4v) is 2.60. The van der Waals surface area contributed by atoms with Gasteiger partial charge < -0.3 is 16.2 Å². The Morgan fingerprint density at radius 1 is 1.44 bits per heavy atom. The van der Waals surface area contributed by atoms with Crippen molar-refractivity contribution in [3.63, 3.8) is 0 Å². The zero-order chi connectivity index (χ0) is 13.9. The molecule has 18 heavy (non-hydrogen) atoms. The first-order chi connectivity index (χ1) is 8.26. The van der Waals surface area contributed by atoms with E-state index in [0.29, 0.717) is 18.8 Å². The molecule has 2 unspecified atom stereocenters. The summed E-state index contributed by atoms with van der Waals surface area (Å²) in [7, 11) is 0. The van der Waals surface area contributed by atoms with Gasteiger partial charge in [0, 0.05) is 0 Å². The van der Waals surface area contributed by atoms with Crippen LogP contribution in [0, 0.1) is 11.8 Å². The molecule has 0 aromatic heterocycles. The first kappa shape index (κ1) is 15.0. The van der Waals surface area contributed by atoms with Gasteiger partial charge in [0.05, 0.1) is 5.54 Å². The van der Waals surface area contributed by atoms with Gasteiger partial charge in [-0.3, -0.25) is 4.79 Å². The highest BCUT2D eigenvalue weighted by Crippen LogP contribution is 2.30. The van der Waals surface area contributed by atoms with Gasteiger partial charge in [0.1, 0.15) is 6.04 Å². The molecule has 1 amide bonds. The van der Waals surface area contributed by atoms with Gasteiger partial charge in [0.25, 0.3) is 0 Å². The molecule has 0 radical (unpaired) electrons. The Morgan fingerprint density at radius 3 is 2.50 bits per heavy atom. The van der Waals surface area contributed by atoms with Crippen molar-refractivity contribution in [2.24, 2.45) is 17.6 Å². The molecule has 1 fully saturated rings. The van der Waals surface area contributed by atoms with Gasteiger partial charge in [-0.25, -0.2) is 4.79 Å². The maximum absolute atomic E-state index is 12.2. The Bertz CT molecular complexity index is 330. The number of nitrogens with two attached hydrogens (primary N) is 1. The van der Waals surface area contributed by atoms with Gasteiger partial charge in [0.2, 0.25) is 5.91 Å². The van der Waals surface area contributed by atoms with E-state index < -0.39 is 17.6 Å². The third-order valence-corrected chi connectivity index (χ3v) is 3.70. The van der Waals surface area contributed by atoms with Crippen molar-refractivity contribution in [1.29, 1.82) is 0 Å². The second kappa shape index (κ2) is 5.69. The molecular formula is C13H24N2O3. The normalized spacial score (nSPS) is 29.9. The van der Waals surface area contributed by atoms with Crippen LogP contribution in [0.15, 0.2) is 0 Å². The highest BCUT2D eigenvalue weighted by molar-refractivity contribution is 5.90. The molecule has 0 aliphatic heterocycles. The molecule has 0 bridgehead atoms. The Labute approximate surface area is 108 Å². The van der Waals surface area contributed by atoms with Crippen LogP contribution in [0.25, 0.3) is 0 Å². The molecule has 1 saturated carbocycles. The number of aliphatic carboxylic acids is 1. The number of carboxylic acids is 1. The monoisotopic (exact) mass is 256 g/mol. The van der Waals surface area contributed by atoms with Gasteiger partial charge in [-0.05, 0) is 24.7 Å². The summed E-state index contributed by atoms with van der Waals surface area (Å²) in [5, 5.41) is 11.7. The molecule has 104 valence electrons. The second-order valence-electron chi connectivity index (χ2n) is 5.89. The zero-order valence-electron chi connectivity index (χ0n) is 11.4. The van der Waals surface area contributed by atoms with Crippen molar-refractivity contribution >= 4 is 11.9 Å². The first-order valence-corrected chi connectivity index (χ1v) is 6.59. The fourth-order valence-electron chi connectivity index (χ4n) is 2.60. The van der Waals surface area contributed by atoms with E-state index in [0.717, 1.165) is 12.8 Å². The van der Waals surface area contributed by atoms with E-state index in [1.807, 2.05) is 0 Å². The number of hydrogen-bond donors (Lipinski definition) is 3. The van der Waals surface area contributed by atoms with E-state index in [1.54, 1.807) is 13.8 Å². The van der Waals surface area contributed by atoms with Crippen LogP contribution < -0.4 is 11.1 Å². The van der Waals surface area contributed by atoms with Crippen LogP contribution in [-0.2, 0) is 9.59 Å². The smallest absolute Gasteiger partial charge is 0.326 e. The highest BCUT2D eigenvalue weighted by Gasteiger charge is 2.39. The Kier molecular flexibility index (Phi) is 4.73. The van der Waals surface area contributed by atoms with E-state index in [-0.39, 0.29) is 11.8 Å². The van der Waals surface area contributed by atoms with E-state index in [1.165, 1.54) is 0 Å².